The maximum atomic E-state index is 13.0. The molecule has 0 bridgehead atoms. The highest BCUT2D eigenvalue weighted by Crippen LogP contribution is 2.35. The average molecular weight is 446 g/mol. The minimum atomic E-state index is -0.349. The Morgan fingerprint density at radius 2 is 2.14 bits per heavy atom. The summed E-state index contributed by atoms with van der Waals surface area (Å²) >= 11 is 9.14. The number of nitrogens with one attached hydrogen (secondary N) is 1. The predicted octanol–water partition coefficient (Wildman–Crippen LogP) is 4.80. The van der Waals surface area contributed by atoms with Gasteiger partial charge in [-0.1, -0.05) is 11.6 Å². The third-order valence-electron chi connectivity index (χ3n) is 4.32. The molecule has 29 heavy (non-hydrogen) atoms. The van der Waals surface area contributed by atoms with Crippen molar-refractivity contribution in [3.63, 3.8) is 0 Å². The quantitative estimate of drug-likeness (QED) is 0.479. The van der Waals surface area contributed by atoms with Gasteiger partial charge in [-0.15, -0.1) is 22.7 Å². The van der Waals surface area contributed by atoms with E-state index in [0.29, 0.717) is 26.7 Å². The number of hydrogen-bond donors (Lipinski definition) is 1. The first-order valence-electron chi connectivity index (χ1n) is 8.63. The topological polar surface area (TPSA) is 73.2 Å². The number of nitrogens with zero attached hydrogens (tertiary/aromatic N) is 2. The number of amides is 1. The molecule has 0 aliphatic carbocycles. The Bertz CT molecular complexity index is 1280. The largest absolute Gasteiger partial charge is 0.495 e. The second kappa shape index (κ2) is 7.98. The number of fused-ring (bicyclic) bond motifs is 1. The van der Waals surface area contributed by atoms with Crippen LogP contribution in [0.4, 0.5) is 5.69 Å². The molecule has 1 amide bonds. The highest BCUT2D eigenvalue weighted by Gasteiger charge is 2.16. The maximum Gasteiger partial charge on any atom is 0.263 e. The molecule has 0 saturated heterocycles. The Balaban J connectivity index is 1.61. The van der Waals surface area contributed by atoms with Crippen LogP contribution in [0, 0.1) is 6.92 Å². The van der Waals surface area contributed by atoms with Gasteiger partial charge in [0, 0.05) is 26.4 Å². The van der Waals surface area contributed by atoms with Crippen LogP contribution in [0.3, 0.4) is 0 Å². The van der Waals surface area contributed by atoms with Crippen LogP contribution in [0.25, 0.3) is 20.7 Å². The summed E-state index contributed by atoms with van der Waals surface area (Å²) in [6.45, 7) is 1.87. The molecule has 148 valence electrons. The van der Waals surface area contributed by atoms with Crippen LogP contribution >= 0.6 is 34.3 Å². The number of benzene rings is 1. The van der Waals surface area contributed by atoms with Crippen molar-refractivity contribution >= 4 is 56.1 Å². The lowest BCUT2D eigenvalue weighted by molar-refractivity contribution is -0.116. The number of hydrogen-bond acceptors (Lipinski definition) is 6. The molecule has 0 saturated carbocycles. The maximum absolute atomic E-state index is 13.0. The molecule has 0 aliphatic rings. The number of ether oxygens (including phenoxy) is 1. The van der Waals surface area contributed by atoms with Crippen LogP contribution in [0.1, 0.15) is 4.88 Å². The van der Waals surface area contributed by atoms with Gasteiger partial charge in [0.15, 0.2) is 0 Å². The van der Waals surface area contributed by atoms with Crippen molar-refractivity contribution in [1.29, 1.82) is 0 Å². The van der Waals surface area contributed by atoms with E-state index in [1.54, 1.807) is 29.5 Å². The van der Waals surface area contributed by atoms with E-state index in [0.717, 1.165) is 10.4 Å². The average Bonchev–Trinajstić information content (AvgIpc) is 3.30. The number of aromatic nitrogens is 2. The number of methoxy groups -OCH3 is 1. The van der Waals surface area contributed by atoms with Crippen LogP contribution in [0.5, 0.6) is 5.75 Å². The van der Waals surface area contributed by atoms with Crippen LogP contribution in [0.2, 0.25) is 5.02 Å². The molecule has 3 aromatic heterocycles. The van der Waals surface area contributed by atoms with Gasteiger partial charge in [0.25, 0.3) is 5.56 Å². The summed E-state index contributed by atoms with van der Waals surface area (Å²) in [4.78, 5) is 32.7. The summed E-state index contributed by atoms with van der Waals surface area (Å²) in [7, 11) is 1.52. The van der Waals surface area contributed by atoms with Crippen LogP contribution < -0.4 is 15.6 Å². The SMILES string of the molecule is COc1ccc(NC(=O)Cn2cnc3scc(-c4ccc(C)s4)c3c2=O)cc1Cl. The van der Waals surface area contributed by atoms with E-state index < -0.39 is 0 Å². The minimum Gasteiger partial charge on any atom is -0.495 e. The normalized spacial score (nSPS) is 11.0. The van der Waals surface area contributed by atoms with E-state index >= 15 is 0 Å². The Morgan fingerprint density at radius 3 is 2.83 bits per heavy atom. The van der Waals surface area contributed by atoms with E-state index in [9.17, 15) is 9.59 Å². The first-order chi connectivity index (χ1) is 14.0. The zero-order valence-corrected chi connectivity index (χ0v) is 18.0. The molecule has 0 aliphatic heterocycles. The van der Waals surface area contributed by atoms with Crippen molar-refractivity contribution in [3.05, 3.63) is 62.3 Å². The summed E-state index contributed by atoms with van der Waals surface area (Å²) in [6.07, 6.45) is 1.41. The molecule has 0 fully saturated rings. The molecular formula is C20H16ClN3O3S2. The molecule has 9 heteroatoms. The van der Waals surface area contributed by atoms with Crippen molar-refractivity contribution in [2.24, 2.45) is 0 Å². The molecule has 1 N–H and O–H groups in total. The number of thiophene rings is 2. The number of carbonyl (C=O) groups is 1. The second-order valence-corrected chi connectivity index (χ2v) is 8.87. The zero-order chi connectivity index (χ0) is 20.5. The molecule has 4 aromatic rings. The summed E-state index contributed by atoms with van der Waals surface area (Å²) in [5.41, 5.74) is 1.14. The Labute approximate surface area is 179 Å². The Hall–Kier alpha value is -2.68. The van der Waals surface area contributed by atoms with Gasteiger partial charge in [-0.05, 0) is 37.3 Å². The summed E-state index contributed by atoms with van der Waals surface area (Å²) < 4.78 is 6.42. The minimum absolute atomic E-state index is 0.149. The Morgan fingerprint density at radius 1 is 1.31 bits per heavy atom. The fourth-order valence-electron chi connectivity index (χ4n) is 2.94. The molecule has 1 aromatic carbocycles. The highest BCUT2D eigenvalue weighted by atomic mass is 35.5. The number of rotatable bonds is 5. The molecule has 0 atom stereocenters. The van der Waals surface area contributed by atoms with Crippen molar-refractivity contribution < 1.29 is 9.53 Å². The molecule has 6 nitrogen and oxygen atoms in total. The van der Waals surface area contributed by atoms with Gasteiger partial charge in [-0.25, -0.2) is 4.98 Å². The third kappa shape index (κ3) is 3.91. The van der Waals surface area contributed by atoms with E-state index in [-0.39, 0.29) is 18.0 Å². The van der Waals surface area contributed by atoms with Crippen molar-refractivity contribution in [3.8, 4) is 16.2 Å². The molecule has 4 rings (SSSR count). The van der Waals surface area contributed by atoms with Crippen molar-refractivity contribution in [2.75, 3.05) is 12.4 Å². The summed E-state index contributed by atoms with van der Waals surface area (Å²) in [5.74, 6) is 0.169. The second-order valence-electron chi connectivity index (χ2n) is 6.31. The lowest BCUT2D eigenvalue weighted by atomic mass is 10.2. The zero-order valence-electron chi connectivity index (χ0n) is 15.6. The first kappa shape index (κ1) is 19.6. The Kier molecular flexibility index (Phi) is 5.40. The molecule has 0 radical (unpaired) electrons. The van der Waals surface area contributed by atoms with Crippen molar-refractivity contribution in [2.45, 2.75) is 13.5 Å². The number of halogens is 1. The van der Waals surface area contributed by atoms with Gasteiger partial charge < -0.3 is 10.1 Å². The fourth-order valence-corrected chi connectivity index (χ4v) is 5.06. The lowest BCUT2D eigenvalue weighted by Gasteiger charge is -2.09. The van der Waals surface area contributed by atoms with E-state index in [1.807, 2.05) is 24.4 Å². The van der Waals surface area contributed by atoms with E-state index in [4.69, 9.17) is 16.3 Å². The van der Waals surface area contributed by atoms with Gasteiger partial charge in [-0.2, -0.15) is 0 Å². The number of anilines is 1. The van der Waals surface area contributed by atoms with E-state index in [2.05, 4.69) is 10.3 Å². The van der Waals surface area contributed by atoms with Gasteiger partial charge in [0.05, 0.1) is 23.8 Å². The van der Waals surface area contributed by atoms with Crippen molar-refractivity contribution in [1.82, 2.24) is 9.55 Å². The monoisotopic (exact) mass is 445 g/mol. The van der Waals surface area contributed by atoms with Crippen LogP contribution in [-0.4, -0.2) is 22.6 Å². The molecule has 0 unspecified atom stereocenters. The first-order valence-corrected chi connectivity index (χ1v) is 10.7. The molecule has 0 spiro atoms. The van der Waals surface area contributed by atoms with E-state index in [1.165, 1.54) is 34.2 Å². The lowest BCUT2D eigenvalue weighted by Crippen LogP contribution is -2.27. The van der Waals surface area contributed by atoms with Crippen LogP contribution in [-0.2, 0) is 11.3 Å². The molecule has 3 heterocycles. The van der Waals surface area contributed by atoms with Gasteiger partial charge in [-0.3, -0.25) is 14.2 Å². The van der Waals surface area contributed by atoms with Crippen LogP contribution in [0.15, 0.2) is 46.8 Å². The van der Waals surface area contributed by atoms with Gasteiger partial charge in [0.1, 0.15) is 17.1 Å². The van der Waals surface area contributed by atoms with Gasteiger partial charge >= 0.3 is 0 Å². The smallest absolute Gasteiger partial charge is 0.263 e. The van der Waals surface area contributed by atoms with Gasteiger partial charge in [0.2, 0.25) is 5.91 Å². The predicted molar refractivity (Wildman–Crippen MR) is 119 cm³/mol. The fraction of sp³-hybridized carbons (Fsp3) is 0.150. The standard InChI is InChI=1S/C20H16ClN3O3S2/c1-11-3-6-16(29-11)13-9-28-19-18(13)20(26)24(10-22-19)8-17(25)23-12-4-5-15(27-2)14(21)7-12/h3-7,9-10H,8H2,1-2H3,(H,23,25). The number of aryl methyl sites for hydroxylation is 1. The number of carbonyl (C=O) groups excluding carboxylic acids is 1. The summed E-state index contributed by atoms with van der Waals surface area (Å²) in [5, 5.41) is 5.61. The molecular weight excluding hydrogens is 430 g/mol. The summed E-state index contributed by atoms with van der Waals surface area (Å²) in [6, 6.07) is 8.96. The third-order valence-corrected chi connectivity index (χ3v) is 6.53. The highest BCUT2D eigenvalue weighted by molar-refractivity contribution is 7.19.